The maximum absolute atomic E-state index is 12.4. The average molecular weight is 250 g/mol. The van der Waals surface area contributed by atoms with Crippen molar-refractivity contribution < 1.29 is 4.79 Å². The number of carbonyl (C=O) groups is 1. The Bertz CT molecular complexity index is 757. The molecule has 0 amide bonds. The van der Waals surface area contributed by atoms with Gasteiger partial charge in [-0.25, -0.2) is 4.98 Å². The molecule has 1 heterocycles. The Kier molecular flexibility index (Phi) is 2.67. The van der Waals surface area contributed by atoms with Gasteiger partial charge in [-0.3, -0.25) is 4.79 Å². The first-order valence-corrected chi connectivity index (χ1v) is 6.19. The number of rotatable bonds is 2. The molecule has 3 nitrogen and oxygen atoms in total. The lowest BCUT2D eigenvalue weighted by Crippen LogP contribution is -2.08. The van der Waals surface area contributed by atoms with E-state index in [9.17, 15) is 4.79 Å². The van der Waals surface area contributed by atoms with Crippen molar-refractivity contribution >= 4 is 16.8 Å². The summed E-state index contributed by atoms with van der Waals surface area (Å²) in [7, 11) is 1.88. The molecule has 0 N–H and O–H groups in total. The molecule has 3 heteroatoms. The van der Waals surface area contributed by atoms with Crippen LogP contribution >= 0.6 is 0 Å². The van der Waals surface area contributed by atoms with E-state index in [1.54, 1.807) is 0 Å². The molecule has 0 aliphatic heterocycles. The Morgan fingerprint density at radius 1 is 1.11 bits per heavy atom. The summed E-state index contributed by atoms with van der Waals surface area (Å²) in [6, 6.07) is 15.2. The molecule has 94 valence electrons. The van der Waals surface area contributed by atoms with Gasteiger partial charge >= 0.3 is 0 Å². The third-order valence-electron chi connectivity index (χ3n) is 3.28. The third kappa shape index (κ3) is 1.93. The molecular formula is C16H14N2O. The Labute approximate surface area is 111 Å². The van der Waals surface area contributed by atoms with Crippen molar-refractivity contribution in [1.29, 1.82) is 0 Å². The number of carbonyl (C=O) groups excluding carboxylic acids is 1. The van der Waals surface area contributed by atoms with Crippen LogP contribution in [-0.2, 0) is 7.05 Å². The van der Waals surface area contributed by atoms with Crippen LogP contribution in [0.2, 0.25) is 0 Å². The Balaban J connectivity index is 2.16. The summed E-state index contributed by atoms with van der Waals surface area (Å²) >= 11 is 0. The van der Waals surface area contributed by atoms with Gasteiger partial charge < -0.3 is 4.57 Å². The van der Waals surface area contributed by atoms with Crippen LogP contribution in [0.5, 0.6) is 0 Å². The summed E-state index contributed by atoms with van der Waals surface area (Å²) < 4.78 is 1.86. The Morgan fingerprint density at radius 3 is 2.58 bits per heavy atom. The van der Waals surface area contributed by atoms with Crippen molar-refractivity contribution in [3.05, 3.63) is 65.5 Å². The van der Waals surface area contributed by atoms with Gasteiger partial charge in [-0.2, -0.15) is 0 Å². The fraction of sp³-hybridized carbons (Fsp3) is 0.125. The first-order valence-electron chi connectivity index (χ1n) is 6.19. The van der Waals surface area contributed by atoms with Gasteiger partial charge in [-0.05, 0) is 24.6 Å². The number of hydrogen-bond donors (Lipinski definition) is 0. The minimum Gasteiger partial charge on any atom is -0.324 e. The van der Waals surface area contributed by atoms with E-state index in [1.165, 1.54) is 0 Å². The standard InChI is InChI=1S/C16H14N2O/c1-11-8-9-13-14(10-11)18(2)16(17-13)15(19)12-6-4-3-5-7-12/h3-10H,1-2H3. The van der Waals surface area contributed by atoms with Crippen molar-refractivity contribution in [3.63, 3.8) is 0 Å². The van der Waals surface area contributed by atoms with Crippen molar-refractivity contribution in [2.45, 2.75) is 6.92 Å². The normalized spacial score (nSPS) is 10.8. The van der Waals surface area contributed by atoms with Crippen molar-refractivity contribution in [2.24, 2.45) is 7.05 Å². The number of fused-ring (bicyclic) bond motifs is 1. The number of benzene rings is 2. The summed E-state index contributed by atoms with van der Waals surface area (Å²) in [5.74, 6) is 0.434. The molecule has 0 radical (unpaired) electrons. The van der Waals surface area contributed by atoms with Crippen LogP contribution in [0.4, 0.5) is 0 Å². The molecule has 19 heavy (non-hydrogen) atoms. The predicted octanol–water partition coefficient (Wildman–Crippen LogP) is 3.11. The lowest BCUT2D eigenvalue weighted by molar-refractivity contribution is 0.102. The van der Waals surface area contributed by atoms with Gasteiger partial charge in [0.1, 0.15) is 0 Å². The zero-order valence-corrected chi connectivity index (χ0v) is 10.9. The molecule has 1 aromatic heterocycles. The van der Waals surface area contributed by atoms with E-state index in [0.717, 1.165) is 16.6 Å². The number of hydrogen-bond acceptors (Lipinski definition) is 2. The molecule has 3 aromatic rings. The second-order valence-corrected chi connectivity index (χ2v) is 4.68. The highest BCUT2D eigenvalue weighted by Crippen LogP contribution is 2.18. The molecule has 0 atom stereocenters. The Morgan fingerprint density at radius 2 is 1.84 bits per heavy atom. The fourth-order valence-electron chi connectivity index (χ4n) is 2.22. The highest BCUT2D eigenvalue weighted by molar-refractivity contribution is 6.08. The minimum atomic E-state index is -0.0445. The smallest absolute Gasteiger partial charge is 0.228 e. The molecule has 0 spiro atoms. The number of nitrogens with zero attached hydrogens (tertiary/aromatic N) is 2. The van der Waals surface area contributed by atoms with Crippen LogP contribution in [0.25, 0.3) is 11.0 Å². The van der Waals surface area contributed by atoms with Gasteiger partial charge in [0.25, 0.3) is 0 Å². The van der Waals surface area contributed by atoms with Gasteiger partial charge in [-0.1, -0.05) is 36.4 Å². The molecule has 0 aliphatic rings. The minimum absolute atomic E-state index is 0.0445. The van der Waals surface area contributed by atoms with E-state index in [1.807, 2.05) is 67.1 Å². The quantitative estimate of drug-likeness (QED) is 0.655. The van der Waals surface area contributed by atoms with Gasteiger partial charge in [-0.15, -0.1) is 0 Å². The van der Waals surface area contributed by atoms with Gasteiger partial charge in [0.15, 0.2) is 5.82 Å². The topological polar surface area (TPSA) is 34.9 Å². The lowest BCUT2D eigenvalue weighted by atomic mass is 10.1. The van der Waals surface area contributed by atoms with Crippen LogP contribution in [0.1, 0.15) is 21.7 Å². The maximum atomic E-state index is 12.4. The third-order valence-corrected chi connectivity index (χ3v) is 3.28. The second kappa shape index (κ2) is 4.35. The molecule has 0 unspecified atom stereocenters. The van der Waals surface area contributed by atoms with Crippen molar-refractivity contribution in [1.82, 2.24) is 9.55 Å². The highest BCUT2D eigenvalue weighted by Gasteiger charge is 2.16. The summed E-state index contributed by atoms with van der Waals surface area (Å²) in [5.41, 5.74) is 3.67. The zero-order chi connectivity index (χ0) is 13.4. The number of imidazole rings is 1. The van der Waals surface area contributed by atoms with E-state index < -0.39 is 0 Å². The van der Waals surface area contributed by atoms with Gasteiger partial charge in [0.05, 0.1) is 11.0 Å². The predicted molar refractivity (Wildman–Crippen MR) is 75.3 cm³/mol. The fourth-order valence-corrected chi connectivity index (χ4v) is 2.22. The Hall–Kier alpha value is -2.42. The lowest BCUT2D eigenvalue weighted by Gasteiger charge is -2.01. The second-order valence-electron chi connectivity index (χ2n) is 4.68. The molecule has 0 aliphatic carbocycles. The van der Waals surface area contributed by atoms with E-state index in [0.29, 0.717) is 11.4 Å². The van der Waals surface area contributed by atoms with E-state index in [-0.39, 0.29) is 5.78 Å². The summed E-state index contributed by atoms with van der Waals surface area (Å²) in [4.78, 5) is 16.9. The van der Waals surface area contributed by atoms with Gasteiger partial charge in [0.2, 0.25) is 5.78 Å². The first-order chi connectivity index (χ1) is 9.16. The van der Waals surface area contributed by atoms with Crippen LogP contribution < -0.4 is 0 Å². The van der Waals surface area contributed by atoms with E-state index in [4.69, 9.17) is 0 Å². The monoisotopic (exact) mass is 250 g/mol. The van der Waals surface area contributed by atoms with Crippen LogP contribution in [0.3, 0.4) is 0 Å². The average Bonchev–Trinajstić information content (AvgIpc) is 2.76. The maximum Gasteiger partial charge on any atom is 0.228 e. The molecule has 2 aromatic carbocycles. The molecular weight excluding hydrogens is 236 g/mol. The number of aryl methyl sites for hydroxylation is 2. The highest BCUT2D eigenvalue weighted by atomic mass is 16.1. The van der Waals surface area contributed by atoms with Crippen molar-refractivity contribution in [3.8, 4) is 0 Å². The zero-order valence-electron chi connectivity index (χ0n) is 10.9. The van der Waals surface area contributed by atoms with E-state index >= 15 is 0 Å². The molecule has 0 bridgehead atoms. The van der Waals surface area contributed by atoms with Crippen LogP contribution in [0, 0.1) is 6.92 Å². The summed E-state index contributed by atoms with van der Waals surface area (Å²) in [6.45, 7) is 2.03. The molecule has 0 fully saturated rings. The SMILES string of the molecule is Cc1ccc2nc(C(=O)c3ccccc3)n(C)c2c1. The number of aromatic nitrogens is 2. The number of ketones is 1. The van der Waals surface area contributed by atoms with Crippen molar-refractivity contribution in [2.75, 3.05) is 0 Å². The summed E-state index contributed by atoms with van der Waals surface area (Å²) in [5, 5.41) is 0. The van der Waals surface area contributed by atoms with Crippen LogP contribution in [-0.4, -0.2) is 15.3 Å². The summed E-state index contributed by atoms with van der Waals surface area (Å²) in [6.07, 6.45) is 0. The molecule has 0 saturated heterocycles. The van der Waals surface area contributed by atoms with Crippen LogP contribution in [0.15, 0.2) is 48.5 Å². The van der Waals surface area contributed by atoms with E-state index in [2.05, 4.69) is 4.98 Å². The molecule has 3 rings (SSSR count). The van der Waals surface area contributed by atoms with Gasteiger partial charge in [0, 0.05) is 12.6 Å². The largest absolute Gasteiger partial charge is 0.324 e. The molecule has 0 saturated carbocycles. The first kappa shape index (κ1) is 11.7.